The molecule has 1 rings (SSSR count). The van der Waals surface area contributed by atoms with Crippen LogP contribution in [0.15, 0.2) is 24.3 Å². The number of aryl methyl sites for hydroxylation is 1. The SMILES string of the molecule is CCCC[C@H](CC)CNC(=O)[C@@H](CC)Oc1ccc(C)cc1. The van der Waals surface area contributed by atoms with Crippen molar-refractivity contribution in [3.8, 4) is 5.75 Å². The summed E-state index contributed by atoms with van der Waals surface area (Å²) in [6, 6.07) is 7.83. The Balaban J connectivity index is 2.48. The Morgan fingerprint density at radius 3 is 2.36 bits per heavy atom. The van der Waals surface area contributed by atoms with Crippen LogP contribution >= 0.6 is 0 Å². The van der Waals surface area contributed by atoms with E-state index in [4.69, 9.17) is 4.74 Å². The number of nitrogens with one attached hydrogen (secondary N) is 1. The van der Waals surface area contributed by atoms with Gasteiger partial charge in [-0.1, -0.05) is 57.7 Å². The van der Waals surface area contributed by atoms with E-state index in [0.29, 0.717) is 12.3 Å². The summed E-state index contributed by atoms with van der Waals surface area (Å²) in [5.74, 6) is 1.32. The van der Waals surface area contributed by atoms with Crippen LogP contribution in [0.5, 0.6) is 5.75 Å². The van der Waals surface area contributed by atoms with Crippen molar-refractivity contribution < 1.29 is 9.53 Å². The van der Waals surface area contributed by atoms with Gasteiger partial charge in [0.2, 0.25) is 0 Å². The molecule has 1 aromatic rings. The van der Waals surface area contributed by atoms with Gasteiger partial charge in [-0.05, 0) is 37.8 Å². The second-order valence-corrected chi connectivity index (χ2v) is 5.99. The van der Waals surface area contributed by atoms with E-state index in [9.17, 15) is 4.79 Å². The lowest BCUT2D eigenvalue weighted by Gasteiger charge is -2.20. The quantitative estimate of drug-likeness (QED) is 0.692. The number of benzene rings is 1. The molecule has 0 spiro atoms. The van der Waals surface area contributed by atoms with E-state index in [1.54, 1.807) is 0 Å². The lowest BCUT2D eigenvalue weighted by atomic mass is 9.99. The highest BCUT2D eigenvalue weighted by Gasteiger charge is 2.19. The number of hydrogen-bond donors (Lipinski definition) is 1. The standard InChI is InChI=1S/C19H31NO2/c1-5-8-9-16(6-2)14-20-19(21)18(7-3)22-17-12-10-15(4)11-13-17/h10-13,16,18H,5-9,14H2,1-4H3,(H,20,21)/t16-,18+/m0/s1. The summed E-state index contributed by atoms with van der Waals surface area (Å²) in [5, 5.41) is 3.06. The first-order valence-corrected chi connectivity index (χ1v) is 8.61. The first-order valence-electron chi connectivity index (χ1n) is 8.61. The largest absolute Gasteiger partial charge is 0.481 e. The van der Waals surface area contributed by atoms with Crippen LogP contribution in [0.2, 0.25) is 0 Å². The van der Waals surface area contributed by atoms with Crippen LogP contribution in [0.4, 0.5) is 0 Å². The molecule has 0 saturated heterocycles. The molecule has 0 fully saturated rings. The fraction of sp³-hybridized carbons (Fsp3) is 0.632. The van der Waals surface area contributed by atoms with Gasteiger partial charge in [0.1, 0.15) is 5.75 Å². The third-order valence-electron chi connectivity index (χ3n) is 4.07. The summed E-state index contributed by atoms with van der Waals surface area (Å²) in [6.45, 7) is 9.16. The number of carbonyl (C=O) groups is 1. The van der Waals surface area contributed by atoms with Crippen molar-refractivity contribution in [3.63, 3.8) is 0 Å². The normalized spacial score (nSPS) is 13.5. The highest BCUT2D eigenvalue weighted by atomic mass is 16.5. The third-order valence-corrected chi connectivity index (χ3v) is 4.07. The van der Waals surface area contributed by atoms with Crippen molar-refractivity contribution in [2.45, 2.75) is 65.9 Å². The van der Waals surface area contributed by atoms with Gasteiger partial charge < -0.3 is 10.1 Å². The molecule has 3 nitrogen and oxygen atoms in total. The summed E-state index contributed by atoms with van der Waals surface area (Å²) in [5.41, 5.74) is 1.19. The van der Waals surface area contributed by atoms with Crippen LogP contribution in [0.25, 0.3) is 0 Å². The van der Waals surface area contributed by atoms with Gasteiger partial charge in [-0.3, -0.25) is 4.79 Å². The van der Waals surface area contributed by atoms with Crippen LogP contribution in [-0.2, 0) is 4.79 Å². The number of ether oxygens (including phenoxy) is 1. The van der Waals surface area contributed by atoms with Gasteiger partial charge in [-0.2, -0.15) is 0 Å². The third kappa shape index (κ3) is 6.50. The van der Waals surface area contributed by atoms with E-state index in [0.717, 1.165) is 18.7 Å². The van der Waals surface area contributed by atoms with Gasteiger partial charge in [-0.15, -0.1) is 0 Å². The maximum absolute atomic E-state index is 12.3. The molecule has 22 heavy (non-hydrogen) atoms. The molecule has 2 atom stereocenters. The first kappa shape index (κ1) is 18.5. The molecular formula is C19H31NO2. The van der Waals surface area contributed by atoms with E-state index in [-0.39, 0.29) is 5.91 Å². The fourth-order valence-corrected chi connectivity index (χ4v) is 2.41. The molecule has 0 aromatic heterocycles. The number of rotatable bonds is 10. The molecule has 0 saturated carbocycles. The van der Waals surface area contributed by atoms with Gasteiger partial charge in [0, 0.05) is 6.54 Å². The van der Waals surface area contributed by atoms with Gasteiger partial charge in [0.25, 0.3) is 5.91 Å². The Morgan fingerprint density at radius 1 is 1.14 bits per heavy atom. The zero-order valence-electron chi connectivity index (χ0n) is 14.5. The maximum atomic E-state index is 12.3. The van der Waals surface area contributed by atoms with Crippen molar-refractivity contribution in [2.75, 3.05) is 6.54 Å². The number of unbranched alkanes of at least 4 members (excludes halogenated alkanes) is 1. The van der Waals surface area contributed by atoms with Crippen LogP contribution < -0.4 is 10.1 Å². The predicted molar refractivity (Wildman–Crippen MR) is 92.2 cm³/mol. The van der Waals surface area contributed by atoms with E-state index >= 15 is 0 Å². The van der Waals surface area contributed by atoms with Crippen molar-refractivity contribution in [1.82, 2.24) is 5.32 Å². The summed E-state index contributed by atoms with van der Waals surface area (Å²) in [4.78, 5) is 12.3. The second kappa shape index (κ2) is 10.3. The van der Waals surface area contributed by atoms with Crippen molar-refractivity contribution in [2.24, 2.45) is 5.92 Å². The Morgan fingerprint density at radius 2 is 1.82 bits per heavy atom. The molecule has 0 aliphatic rings. The lowest BCUT2D eigenvalue weighted by molar-refractivity contribution is -0.128. The first-order chi connectivity index (χ1) is 10.6. The Kier molecular flexibility index (Phi) is 8.64. The minimum absolute atomic E-state index is 0.00183. The molecule has 0 heterocycles. The minimum atomic E-state index is -0.411. The summed E-state index contributed by atoms with van der Waals surface area (Å²) in [6.07, 6.45) is 4.99. The molecule has 0 unspecified atom stereocenters. The van der Waals surface area contributed by atoms with Crippen molar-refractivity contribution in [1.29, 1.82) is 0 Å². The van der Waals surface area contributed by atoms with E-state index < -0.39 is 6.10 Å². The molecule has 0 aliphatic heterocycles. The molecule has 0 bridgehead atoms. The minimum Gasteiger partial charge on any atom is -0.481 e. The Hall–Kier alpha value is -1.51. The molecule has 0 radical (unpaired) electrons. The fourth-order valence-electron chi connectivity index (χ4n) is 2.41. The molecule has 1 amide bonds. The van der Waals surface area contributed by atoms with Crippen LogP contribution in [-0.4, -0.2) is 18.6 Å². The Bertz CT molecular complexity index is 428. The smallest absolute Gasteiger partial charge is 0.261 e. The molecule has 1 N–H and O–H groups in total. The van der Waals surface area contributed by atoms with E-state index in [1.807, 2.05) is 38.1 Å². The molecule has 3 heteroatoms. The highest BCUT2D eigenvalue weighted by Crippen LogP contribution is 2.15. The number of hydrogen-bond acceptors (Lipinski definition) is 2. The zero-order valence-corrected chi connectivity index (χ0v) is 14.5. The average molecular weight is 305 g/mol. The van der Waals surface area contributed by atoms with E-state index in [2.05, 4.69) is 19.2 Å². The van der Waals surface area contributed by atoms with Crippen molar-refractivity contribution >= 4 is 5.91 Å². The van der Waals surface area contributed by atoms with Crippen LogP contribution in [0.3, 0.4) is 0 Å². The molecule has 124 valence electrons. The average Bonchev–Trinajstić information content (AvgIpc) is 2.54. The maximum Gasteiger partial charge on any atom is 0.261 e. The summed E-state index contributed by atoms with van der Waals surface area (Å²) >= 11 is 0. The number of carbonyl (C=O) groups excluding carboxylic acids is 1. The van der Waals surface area contributed by atoms with Gasteiger partial charge in [0.05, 0.1) is 0 Å². The topological polar surface area (TPSA) is 38.3 Å². The summed E-state index contributed by atoms with van der Waals surface area (Å²) < 4.78 is 5.82. The number of amides is 1. The van der Waals surface area contributed by atoms with Crippen LogP contribution in [0.1, 0.15) is 58.4 Å². The van der Waals surface area contributed by atoms with Crippen molar-refractivity contribution in [3.05, 3.63) is 29.8 Å². The zero-order chi connectivity index (χ0) is 16.4. The molecule has 0 aliphatic carbocycles. The molecular weight excluding hydrogens is 274 g/mol. The Labute approximate surface area is 135 Å². The molecule has 1 aromatic carbocycles. The van der Waals surface area contributed by atoms with Gasteiger partial charge in [-0.25, -0.2) is 0 Å². The van der Waals surface area contributed by atoms with Crippen LogP contribution in [0, 0.1) is 12.8 Å². The lowest BCUT2D eigenvalue weighted by Crippen LogP contribution is -2.40. The van der Waals surface area contributed by atoms with E-state index in [1.165, 1.54) is 24.8 Å². The van der Waals surface area contributed by atoms with Gasteiger partial charge in [0.15, 0.2) is 6.10 Å². The highest BCUT2D eigenvalue weighted by molar-refractivity contribution is 5.81. The second-order valence-electron chi connectivity index (χ2n) is 5.99. The monoisotopic (exact) mass is 305 g/mol. The predicted octanol–water partition coefficient (Wildman–Crippen LogP) is 4.49. The van der Waals surface area contributed by atoms with Gasteiger partial charge >= 0.3 is 0 Å². The summed E-state index contributed by atoms with van der Waals surface area (Å²) in [7, 11) is 0.